The molecular weight excluding hydrogens is 378 g/mol. The minimum absolute atomic E-state index is 0.329. The molecule has 0 bridgehead atoms. The van der Waals surface area contributed by atoms with Crippen LogP contribution in [0, 0.1) is 0 Å². The van der Waals surface area contributed by atoms with Crippen LogP contribution in [-0.2, 0) is 14.3 Å². The second kappa shape index (κ2) is 10.5. The van der Waals surface area contributed by atoms with Crippen LogP contribution in [0.3, 0.4) is 0 Å². The van der Waals surface area contributed by atoms with Gasteiger partial charge in [0.15, 0.2) is 0 Å². The van der Waals surface area contributed by atoms with Gasteiger partial charge in [0.25, 0.3) is 11.8 Å². The van der Waals surface area contributed by atoms with Crippen LogP contribution < -0.4 is 20.7 Å². The minimum atomic E-state index is -1.35. The Labute approximate surface area is 167 Å². The van der Waals surface area contributed by atoms with E-state index in [4.69, 9.17) is 9.47 Å². The number of esters is 1. The fraction of sp³-hybridized carbons (Fsp3) is 0.200. The van der Waals surface area contributed by atoms with Crippen molar-refractivity contribution in [2.24, 2.45) is 0 Å². The highest BCUT2D eigenvalue weighted by Crippen LogP contribution is 2.17. The minimum Gasteiger partial charge on any atom is -0.497 e. The number of imide groups is 1. The van der Waals surface area contributed by atoms with Crippen molar-refractivity contribution in [3.63, 3.8) is 0 Å². The quantitative estimate of drug-likeness (QED) is 0.601. The van der Waals surface area contributed by atoms with E-state index in [-0.39, 0.29) is 0 Å². The number of hydrogen-bond acceptors (Lipinski definition) is 6. The summed E-state index contributed by atoms with van der Waals surface area (Å²) >= 11 is 0. The number of urea groups is 1. The van der Waals surface area contributed by atoms with Gasteiger partial charge in [-0.3, -0.25) is 19.7 Å². The van der Waals surface area contributed by atoms with Gasteiger partial charge in [-0.05, 0) is 24.3 Å². The number of hydrogen-bond donors (Lipinski definition) is 3. The Balaban J connectivity index is 2.00. The lowest BCUT2D eigenvalue weighted by molar-refractivity contribution is -0.155. The lowest BCUT2D eigenvalue weighted by Crippen LogP contribution is -2.42. The number of methoxy groups -OCH3 is 1. The van der Waals surface area contributed by atoms with Crippen molar-refractivity contribution in [1.29, 1.82) is 0 Å². The summed E-state index contributed by atoms with van der Waals surface area (Å²) in [6.45, 7) is -0.457. The van der Waals surface area contributed by atoms with Crippen molar-refractivity contribution in [1.82, 2.24) is 16.0 Å². The molecule has 29 heavy (non-hydrogen) atoms. The van der Waals surface area contributed by atoms with Crippen LogP contribution in [0.15, 0.2) is 54.6 Å². The molecule has 0 spiro atoms. The van der Waals surface area contributed by atoms with Crippen LogP contribution in [0.4, 0.5) is 4.79 Å². The number of rotatable bonds is 7. The second-order valence-corrected chi connectivity index (χ2v) is 5.76. The molecule has 0 aromatic heterocycles. The summed E-state index contributed by atoms with van der Waals surface area (Å²) in [5.41, 5.74) is 0.708. The lowest BCUT2D eigenvalue weighted by Gasteiger charge is -2.17. The molecule has 9 heteroatoms. The molecule has 4 amide bonds. The molecule has 3 N–H and O–H groups in total. The molecule has 0 heterocycles. The SMILES string of the molecule is CNC(=O)NC(=O)[C@@H](OC(=O)CNC(=O)c1ccc(OC)cc1)c1ccccc1. The van der Waals surface area contributed by atoms with Gasteiger partial charge in [-0.25, -0.2) is 4.79 Å². The fourth-order valence-electron chi connectivity index (χ4n) is 2.31. The average molecular weight is 399 g/mol. The van der Waals surface area contributed by atoms with Gasteiger partial charge >= 0.3 is 12.0 Å². The van der Waals surface area contributed by atoms with Crippen molar-refractivity contribution in [2.75, 3.05) is 20.7 Å². The zero-order valence-electron chi connectivity index (χ0n) is 15.9. The Morgan fingerprint density at radius 2 is 1.62 bits per heavy atom. The number of benzene rings is 2. The summed E-state index contributed by atoms with van der Waals surface area (Å²) in [7, 11) is 2.86. The van der Waals surface area contributed by atoms with Crippen LogP contribution in [-0.4, -0.2) is 44.5 Å². The van der Waals surface area contributed by atoms with Crippen LogP contribution in [0.5, 0.6) is 5.75 Å². The first-order valence-corrected chi connectivity index (χ1v) is 8.64. The molecule has 0 aliphatic carbocycles. The maximum atomic E-state index is 12.3. The third-order valence-electron chi connectivity index (χ3n) is 3.80. The van der Waals surface area contributed by atoms with Crippen LogP contribution >= 0.6 is 0 Å². The lowest BCUT2D eigenvalue weighted by atomic mass is 10.1. The molecule has 152 valence electrons. The summed E-state index contributed by atoms with van der Waals surface area (Å²) < 4.78 is 10.2. The maximum Gasteiger partial charge on any atom is 0.326 e. The molecule has 2 rings (SSSR count). The maximum absolute atomic E-state index is 12.3. The van der Waals surface area contributed by atoms with Crippen molar-refractivity contribution >= 4 is 23.8 Å². The average Bonchev–Trinajstić information content (AvgIpc) is 2.76. The van der Waals surface area contributed by atoms with Gasteiger partial charge in [0.2, 0.25) is 6.10 Å². The second-order valence-electron chi connectivity index (χ2n) is 5.76. The van der Waals surface area contributed by atoms with E-state index in [1.165, 1.54) is 14.2 Å². The predicted octanol–water partition coefficient (Wildman–Crippen LogP) is 1.17. The molecular formula is C20H21N3O6. The van der Waals surface area contributed by atoms with E-state index < -0.39 is 36.5 Å². The van der Waals surface area contributed by atoms with Crippen LogP contribution in [0.2, 0.25) is 0 Å². The van der Waals surface area contributed by atoms with Crippen molar-refractivity contribution in [2.45, 2.75) is 6.10 Å². The Morgan fingerprint density at radius 3 is 2.21 bits per heavy atom. The molecule has 0 aliphatic heterocycles. The van der Waals surface area contributed by atoms with Crippen LogP contribution in [0.1, 0.15) is 22.0 Å². The van der Waals surface area contributed by atoms with Crippen LogP contribution in [0.25, 0.3) is 0 Å². The molecule has 9 nitrogen and oxygen atoms in total. The van der Waals surface area contributed by atoms with Gasteiger partial charge in [0, 0.05) is 18.2 Å². The van der Waals surface area contributed by atoms with E-state index in [1.54, 1.807) is 54.6 Å². The summed E-state index contributed by atoms with van der Waals surface area (Å²) in [6.07, 6.45) is -1.35. The summed E-state index contributed by atoms with van der Waals surface area (Å²) in [5.74, 6) is -1.55. The highest BCUT2D eigenvalue weighted by molar-refractivity contribution is 5.98. The Morgan fingerprint density at radius 1 is 0.966 bits per heavy atom. The number of amides is 4. The third-order valence-corrected chi connectivity index (χ3v) is 3.80. The molecule has 0 unspecified atom stereocenters. The molecule has 2 aromatic carbocycles. The largest absolute Gasteiger partial charge is 0.497 e. The number of nitrogens with one attached hydrogen (secondary N) is 3. The number of carbonyl (C=O) groups is 4. The van der Waals surface area contributed by atoms with Gasteiger partial charge < -0.3 is 20.1 Å². The Hall–Kier alpha value is -3.88. The summed E-state index contributed by atoms with van der Waals surface area (Å²) in [4.78, 5) is 48.0. The Kier molecular flexibility index (Phi) is 7.72. The number of ether oxygens (including phenoxy) is 2. The first-order chi connectivity index (χ1) is 13.9. The van der Waals surface area contributed by atoms with E-state index in [0.29, 0.717) is 16.9 Å². The number of carbonyl (C=O) groups excluding carboxylic acids is 4. The van der Waals surface area contributed by atoms with E-state index in [1.807, 2.05) is 0 Å². The molecule has 0 fully saturated rings. The van der Waals surface area contributed by atoms with Crippen molar-refractivity contribution < 1.29 is 28.7 Å². The normalized spacial score (nSPS) is 11.0. The van der Waals surface area contributed by atoms with E-state index in [2.05, 4.69) is 16.0 Å². The molecule has 2 aromatic rings. The standard InChI is InChI=1S/C20H21N3O6/c1-21-20(27)23-19(26)17(13-6-4-3-5-7-13)29-16(24)12-22-18(25)14-8-10-15(28-2)11-9-14/h3-11,17H,12H2,1-2H3,(H,22,25)(H2,21,23,26,27)/t17-/m0/s1. The monoisotopic (exact) mass is 399 g/mol. The predicted molar refractivity (Wildman–Crippen MR) is 103 cm³/mol. The molecule has 0 aliphatic rings. The van der Waals surface area contributed by atoms with Gasteiger partial charge in [-0.2, -0.15) is 0 Å². The highest BCUT2D eigenvalue weighted by atomic mass is 16.5. The Bertz CT molecular complexity index is 868. The fourth-order valence-corrected chi connectivity index (χ4v) is 2.31. The van der Waals surface area contributed by atoms with E-state index >= 15 is 0 Å². The van der Waals surface area contributed by atoms with Crippen molar-refractivity contribution in [3.8, 4) is 5.75 Å². The first-order valence-electron chi connectivity index (χ1n) is 8.64. The highest BCUT2D eigenvalue weighted by Gasteiger charge is 2.26. The molecule has 1 atom stereocenters. The topological polar surface area (TPSA) is 123 Å². The molecule has 0 radical (unpaired) electrons. The summed E-state index contributed by atoms with van der Waals surface area (Å²) in [5, 5.41) is 6.73. The van der Waals surface area contributed by atoms with E-state index in [0.717, 1.165) is 0 Å². The van der Waals surface area contributed by atoms with Gasteiger partial charge in [0.05, 0.1) is 7.11 Å². The van der Waals surface area contributed by atoms with E-state index in [9.17, 15) is 19.2 Å². The first kappa shape index (κ1) is 21.4. The third kappa shape index (κ3) is 6.35. The zero-order chi connectivity index (χ0) is 21.2. The zero-order valence-corrected chi connectivity index (χ0v) is 15.9. The van der Waals surface area contributed by atoms with Gasteiger partial charge in [-0.15, -0.1) is 0 Å². The van der Waals surface area contributed by atoms with Gasteiger partial charge in [-0.1, -0.05) is 30.3 Å². The van der Waals surface area contributed by atoms with Gasteiger partial charge in [0.1, 0.15) is 12.3 Å². The summed E-state index contributed by atoms with van der Waals surface area (Å²) in [6, 6.07) is 13.8. The van der Waals surface area contributed by atoms with Crippen molar-refractivity contribution in [3.05, 3.63) is 65.7 Å². The molecule has 0 saturated heterocycles. The smallest absolute Gasteiger partial charge is 0.326 e. The molecule has 0 saturated carbocycles.